The largest absolute Gasteiger partial charge is 0.497 e. The van der Waals surface area contributed by atoms with Crippen LogP contribution in [0.25, 0.3) is 0 Å². The molecule has 1 amide bonds. The van der Waals surface area contributed by atoms with E-state index in [-0.39, 0.29) is 5.91 Å². The molecule has 138 valence electrons. The van der Waals surface area contributed by atoms with Gasteiger partial charge in [-0.1, -0.05) is 36.4 Å². The van der Waals surface area contributed by atoms with Gasteiger partial charge < -0.3 is 14.7 Å². The summed E-state index contributed by atoms with van der Waals surface area (Å²) in [5.41, 5.74) is 3.12. The molecule has 1 heterocycles. The molecule has 3 rings (SSSR count). The SMILES string of the molecule is COc1cccc(CN(C)C(=O)CN2CCC(O)c3ccccc3C2)c1. The fraction of sp³-hybridized carbons (Fsp3) is 0.381. The molecule has 1 aliphatic rings. The lowest BCUT2D eigenvalue weighted by Gasteiger charge is -2.24. The predicted octanol–water partition coefficient (Wildman–Crippen LogP) is 2.59. The highest BCUT2D eigenvalue weighted by molar-refractivity contribution is 5.78. The van der Waals surface area contributed by atoms with Gasteiger partial charge in [0.05, 0.1) is 19.8 Å². The van der Waals surface area contributed by atoms with Crippen LogP contribution in [0.2, 0.25) is 0 Å². The van der Waals surface area contributed by atoms with Gasteiger partial charge in [0.2, 0.25) is 5.91 Å². The van der Waals surface area contributed by atoms with Gasteiger partial charge in [-0.15, -0.1) is 0 Å². The molecule has 2 aromatic carbocycles. The number of benzene rings is 2. The number of rotatable bonds is 5. The van der Waals surface area contributed by atoms with Gasteiger partial charge in [0.15, 0.2) is 0 Å². The second-order valence-corrected chi connectivity index (χ2v) is 6.82. The lowest BCUT2D eigenvalue weighted by atomic mass is 10.0. The molecule has 0 radical (unpaired) electrons. The van der Waals surface area contributed by atoms with Crippen molar-refractivity contribution in [1.82, 2.24) is 9.80 Å². The normalized spacial score (nSPS) is 17.3. The highest BCUT2D eigenvalue weighted by Crippen LogP contribution is 2.26. The number of carbonyl (C=O) groups is 1. The van der Waals surface area contributed by atoms with Crippen LogP contribution in [0, 0.1) is 0 Å². The zero-order chi connectivity index (χ0) is 18.5. The van der Waals surface area contributed by atoms with E-state index in [1.807, 2.05) is 55.6 Å². The van der Waals surface area contributed by atoms with E-state index >= 15 is 0 Å². The number of aliphatic hydroxyl groups excluding tert-OH is 1. The Balaban J connectivity index is 1.62. The first-order valence-electron chi connectivity index (χ1n) is 8.92. The molecular formula is C21H26N2O3. The average molecular weight is 354 g/mol. The molecular weight excluding hydrogens is 328 g/mol. The molecule has 0 fully saturated rings. The maximum atomic E-state index is 12.7. The first-order chi connectivity index (χ1) is 12.6. The van der Waals surface area contributed by atoms with Gasteiger partial charge in [-0.05, 0) is 35.2 Å². The van der Waals surface area contributed by atoms with Crippen LogP contribution in [0.5, 0.6) is 5.75 Å². The number of hydrogen-bond acceptors (Lipinski definition) is 4. The molecule has 0 aliphatic carbocycles. The number of methoxy groups -OCH3 is 1. The number of ether oxygens (including phenoxy) is 1. The summed E-state index contributed by atoms with van der Waals surface area (Å²) >= 11 is 0. The topological polar surface area (TPSA) is 53.0 Å². The fourth-order valence-electron chi connectivity index (χ4n) is 3.36. The van der Waals surface area contributed by atoms with E-state index in [1.54, 1.807) is 12.0 Å². The molecule has 0 saturated carbocycles. The van der Waals surface area contributed by atoms with E-state index in [4.69, 9.17) is 4.74 Å². The van der Waals surface area contributed by atoms with Crippen molar-refractivity contribution in [2.75, 3.05) is 27.2 Å². The number of hydrogen-bond donors (Lipinski definition) is 1. The molecule has 5 nitrogen and oxygen atoms in total. The maximum absolute atomic E-state index is 12.7. The van der Waals surface area contributed by atoms with Crippen LogP contribution in [-0.2, 0) is 17.9 Å². The molecule has 1 N–H and O–H groups in total. The number of aliphatic hydroxyl groups is 1. The summed E-state index contributed by atoms with van der Waals surface area (Å²) in [6.45, 7) is 2.28. The lowest BCUT2D eigenvalue weighted by Crippen LogP contribution is -2.38. The molecule has 0 spiro atoms. The third-order valence-corrected chi connectivity index (χ3v) is 4.87. The molecule has 5 heteroatoms. The summed E-state index contributed by atoms with van der Waals surface area (Å²) in [7, 11) is 3.46. The molecule has 0 saturated heterocycles. The van der Waals surface area contributed by atoms with Crippen molar-refractivity contribution in [1.29, 1.82) is 0 Å². The highest BCUT2D eigenvalue weighted by atomic mass is 16.5. The Morgan fingerprint density at radius 1 is 1.27 bits per heavy atom. The van der Waals surface area contributed by atoms with Crippen molar-refractivity contribution >= 4 is 5.91 Å². The summed E-state index contributed by atoms with van der Waals surface area (Å²) in [6.07, 6.45) is 0.185. The predicted molar refractivity (Wildman–Crippen MR) is 101 cm³/mol. The van der Waals surface area contributed by atoms with E-state index in [0.29, 0.717) is 32.6 Å². The average Bonchev–Trinajstić information content (AvgIpc) is 2.81. The van der Waals surface area contributed by atoms with Crippen molar-refractivity contribution in [2.45, 2.75) is 25.6 Å². The van der Waals surface area contributed by atoms with Gasteiger partial charge in [0, 0.05) is 26.7 Å². The van der Waals surface area contributed by atoms with E-state index < -0.39 is 6.10 Å². The van der Waals surface area contributed by atoms with Gasteiger partial charge in [-0.2, -0.15) is 0 Å². The number of likely N-dealkylation sites (N-methyl/N-ethyl adjacent to an activating group) is 1. The van der Waals surface area contributed by atoms with Gasteiger partial charge in [-0.25, -0.2) is 0 Å². The van der Waals surface area contributed by atoms with E-state index in [9.17, 15) is 9.90 Å². The maximum Gasteiger partial charge on any atom is 0.236 e. The van der Waals surface area contributed by atoms with Crippen LogP contribution >= 0.6 is 0 Å². The van der Waals surface area contributed by atoms with Gasteiger partial charge in [0.1, 0.15) is 5.75 Å². The summed E-state index contributed by atoms with van der Waals surface area (Å²) in [5.74, 6) is 0.864. The highest BCUT2D eigenvalue weighted by Gasteiger charge is 2.22. The third kappa shape index (κ3) is 4.42. The first-order valence-corrected chi connectivity index (χ1v) is 8.92. The zero-order valence-electron chi connectivity index (χ0n) is 15.4. The summed E-state index contributed by atoms with van der Waals surface area (Å²) in [4.78, 5) is 16.5. The lowest BCUT2D eigenvalue weighted by molar-refractivity contribution is -0.131. The van der Waals surface area contributed by atoms with Crippen LogP contribution in [0.1, 0.15) is 29.2 Å². The Hall–Kier alpha value is -2.37. The Kier molecular flexibility index (Phi) is 5.91. The van der Waals surface area contributed by atoms with Gasteiger partial charge in [0.25, 0.3) is 0 Å². The second kappa shape index (κ2) is 8.34. The van der Waals surface area contributed by atoms with Crippen LogP contribution in [0.15, 0.2) is 48.5 Å². The molecule has 0 bridgehead atoms. The molecule has 2 aromatic rings. The number of nitrogens with zero attached hydrogens (tertiary/aromatic N) is 2. The number of carbonyl (C=O) groups excluding carboxylic acids is 1. The van der Waals surface area contributed by atoms with Crippen LogP contribution in [-0.4, -0.2) is 48.1 Å². The Labute approximate surface area is 154 Å². The molecule has 1 atom stereocenters. The summed E-state index contributed by atoms with van der Waals surface area (Å²) < 4.78 is 5.24. The second-order valence-electron chi connectivity index (χ2n) is 6.82. The minimum Gasteiger partial charge on any atom is -0.497 e. The smallest absolute Gasteiger partial charge is 0.236 e. The fourth-order valence-corrected chi connectivity index (χ4v) is 3.36. The Bertz CT molecular complexity index is 762. The Morgan fingerprint density at radius 2 is 2.08 bits per heavy atom. The zero-order valence-corrected chi connectivity index (χ0v) is 15.4. The van der Waals surface area contributed by atoms with Crippen LogP contribution in [0.3, 0.4) is 0 Å². The van der Waals surface area contributed by atoms with Crippen molar-refractivity contribution in [3.63, 3.8) is 0 Å². The van der Waals surface area contributed by atoms with E-state index in [0.717, 1.165) is 22.4 Å². The Morgan fingerprint density at radius 3 is 2.88 bits per heavy atom. The molecule has 0 aromatic heterocycles. The molecule has 26 heavy (non-hydrogen) atoms. The summed E-state index contributed by atoms with van der Waals surface area (Å²) in [5, 5.41) is 10.3. The molecule has 1 unspecified atom stereocenters. The van der Waals surface area contributed by atoms with E-state index in [2.05, 4.69) is 4.90 Å². The summed E-state index contributed by atoms with van der Waals surface area (Å²) in [6, 6.07) is 15.7. The first kappa shape index (κ1) is 18.4. The quantitative estimate of drug-likeness (QED) is 0.897. The van der Waals surface area contributed by atoms with E-state index in [1.165, 1.54) is 0 Å². The third-order valence-electron chi connectivity index (χ3n) is 4.87. The number of fused-ring (bicyclic) bond motifs is 1. The van der Waals surface area contributed by atoms with Gasteiger partial charge in [-0.3, -0.25) is 9.69 Å². The van der Waals surface area contributed by atoms with Gasteiger partial charge >= 0.3 is 0 Å². The standard InChI is InChI=1S/C21H26N2O3/c1-22(13-16-6-5-8-18(12-16)26-2)21(25)15-23-11-10-20(24)19-9-4-3-7-17(19)14-23/h3-9,12,20,24H,10-11,13-15H2,1-2H3. The number of amides is 1. The van der Waals surface area contributed by atoms with Crippen LogP contribution in [0.4, 0.5) is 0 Å². The van der Waals surface area contributed by atoms with Crippen molar-refractivity contribution < 1.29 is 14.6 Å². The molecule has 1 aliphatic heterocycles. The van der Waals surface area contributed by atoms with Crippen molar-refractivity contribution in [2.24, 2.45) is 0 Å². The minimum atomic E-state index is -0.458. The van der Waals surface area contributed by atoms with Crippen molar-refractivity contribution in [3.05, 3.63) is 65.2 Å². The minimum absolute atomic E-state index is 0.0710. The van der Waals surface area contributed by atoms with Crippen LogP contribution < -0.4 is 4.74 Å². The van der Waals surface area contributed by atoms with Crippen molar-refractivity contribution in [3.8, 4) is 5.75 Å². The monoisotopic (exact) mass is 354 g/mol.